The summed E-state index contributed by atoms with van der Waals surface area (Å²) in [6.45, 7) is 0. The van der Waals surface area contributed by atoms with Gasteiger partial charge in [0.2, 0.25) is 0 Å². The first-order valence-electron chi connectivity index (χ1n) is 8.64. The van der Waals surface area contributed by atoms with Crippen LogP contribution in [0.3, 0.4) is 0 Å². The summed E-state index contributed by atoms with van der Waals surface area (Å²) in [5.41, 5.74) is 2.44. The van der Waals surface area contributed by atoms with Crippen molar-refractivity contribution in [2.45, 2.75) is 0 Å². The molecule has 0 spiro atoms. The lowest BCUT2D eigenvalue weighted by Gasteiger charge is -2.07. The van der Waals surface area contributed by atoms with Gasteiger partial charge in [-0.05, 0) is 33.0 Å². The minimum atomic E-state index is 1.20. The average molecular weight is 317 g/mol. The highest BCUT2D eigenvalue weighted by Crippen LogP contribution is 2.41. The molecule has 116 valence electrons. The highest BCUT2D eigenvalue weighted by atomic mass is 14.7. The van der Waals surface area contributed by atoms with E-state index in [0.29, 0.717) is 0 Å². The zero-order valence-electron chi connectivity index (χ0n) is 13.6. The minimum absolute atomic E-state index is 1.20. The molecule has 1 N–H and O–H groups in total. The molecule has 1 aromatic heterocycles. The molecule has 1 heteroatoms. The molecule has 0 aliphatic carbocycles. The first-order chi connectivity index (χ1) is 12.4. The molecule has 1 nitrogen and oxygen atoms in total. The number of aromatic amines is 1. The Morgan fingerprint density at radius 3 is 1.84 bits per heavy atom. The van der Waals surface area contributed by atoms with Crippen molar-refractivity contribution in [1.29, 1.82) is 0 Å². The van der Waals surface area contributed by atoms with Gasteiger partial charge in [0.1, 0.15) is 0 Å². The molecule has 0 fully saturated rings. The molecule has 25 heavy (non-hydrogen) atoms. The fourth-order valence-electron chi connectivity index (χ4n) is 4.31. The molecule has 0 aliphatic rings. The summed E-state index contributed by atoms with van der Waals surface area (Å²) in [4.78, 5) is 3.71. The van der Waals surface area contributed by atoms with E-state index in [9.17, 15) is 0 Å². The minimum Gasteiger partial charge on any atom is -0.354 e. The van der Waals surface area contributed by atoms with Gasteiger partial charge in [0.05, 0.1) is 5.52 Å². The molecule has 5 aromatic carbocycles. The summed E-state index contributed by atoms with van der Waals surface area (Å²) in [6, 6.07) is 30.5. The van der Waals surface area contributed by atoms with E-state index in [2.05, 4.69) is 89.9 Å². The predicted octanol–water partition coefficient (Wildman–Crippen LogP) is 6.78. The smallest absolute Gasteiger partial charge is 0.0551 e. The van der Waals surface area contributed by atoms with E-state index in [1.54, 1.807) is 0 Å². The van der Waals surface area contributed by atoms with Gasteiger partial charge in [-0.25, -0.2) is 0 Å². The van der Waals surface area contributed by atoms with Gasteiger partial charge in [-0.2, -0.15) is 0 Å². The summed E-state index contributed by atoms with van der Waals surface area (Å²) < 4.78 is 0. The predicted molar refractivity (Wildman–Crippen MR) is 108 cm³/mol. The van der Waals surface area contributed by atoms with Crippen molar-refractivity contribution in [2.75, 3.05) is 0 Å². The number of H-pyrrole nitrogens is 1. The first-order valence-corrected chi connectivity index (χ1v) is 8.64. The van der Waals surface area contributed by atoms with Crippen LogP contribution in [0.2, 0.25) is 0 Å². The lowest BCUT2D eigenvalue weighted by Crippen LogP contribution is -1.81. The van der Waals surface area contributed by atoms with Crippen LogP contribution in [0, 0.1) is 0 Å². The maximum Gasteiger partial charge on any atom is 0.0551 e. The van der Waals surface area contributed by atoms with Crippen molar-refractivity contribution >= 4 is 54.1 Å². The fourth-order valence-corrected chi connectivity index (χ4v) is 4.31. The molecule has 0 bridgehead atoms. The van der Waals surface area contributed by atoms with Gasteiger partial charge >= 0.3 is 0 Å². The van der Waals surface area contributed by atoms with Gasteiger partial charge in [-0.3, -0.25) is 0 Å². The number of rotatable bonds is 0. The van der Waals surface area contributed by atoms with Gasteiger partial charge in [-0.1, -0.05) is 78.9 Å². The summed E-state index contributed by atoms with van der Waals surface area (Å²) in [5, 5.41) is 10.5. The second-order valence-corrected chi connectivity index (χ2v) is 6.68. The zero-order valence-corrected chi connectivity index (χ0v) is 13.6. The van der Waals surface area contributed by atoms with Crippen LogP contribution < -0.4 is 0 Å². The largest absolute Gasteiger partial charge is 0.354 e. The van der Waals surface area contributed by atoms with Crippen LogP contribution in [-0.2, 0) is 0 Å². The second-order valence-electron chi connectivity index (χ2n) is 6.68. The van der Waals surface area contributed by atoms with Gasteiger partial charge in [0.15, 0.2) is 0 Å². The van der Waals surface area contributed by atoms with Crippen molar-refractivity contribution in [3.8, 4) is 0 Å². The summed E-state index contributed by atoms with van der Waals surface area (Å²) in [5.74, 6) is 0. The second kappa shape index (κ2) is 4.61. The molecule has 0 amide bonds. The Balaban J connectivity index is 2.05. The van der Waals surface area contributed by atoms with E-state index in [1.165, 1.54) is 54.1 Å². The Bertz CT molecular complexity index is 1440. The standard InChI is InChI=1S/C24H15N/c1-2-8-16-15(7-1)13-14-21-22(16)23-19-11-5-3-9-17(19)18-10-4-6-12-20(18)24(23)25-21/h1-14,25H. The SMILES string of the molecule is c1ccc2c(c1)ccc1[nH]c3c4ccccc4c4ccccc4c3c12. The van der Waals surface area contributed by atoms with Crippen molar-refractivity contribution in [3.63, 3.8) is 0 Å². The molecule has 0 radical (unpaired) electrons. The van der Waals surface area contributed by atoms with Crippen LogP contribution in [0.25, 0.3) is 54.1 Å². The quantitative estimate of drug-likeness (QED) is 0.297. The highest BCUT2D eigenvalue weighted by molar-refractivity contribution is 6.34. The van der Waals surface area contributed by atoms with E-state index < -0.39 is 0 Å². The van der Waals surface area contributed by atoms with Gasteiger partial charge in [0.25, 0.3) is 0 Å². The Kier molecular flexibility index (Phi) is 2.40. The van der Waals surface area contributed by atoms with Gasteiger partial charge in [-0.15, -0.1) is 0 Å². The lowest BCUT2D eigenvalue weighted by atomic mass is 9.95. The van der Waals surface area contributed by atoms with Crippen molar-refractivity contribution < 1.29 is 0 Å². The summed E-state index contributed by atoms with van der Waals surface area (Å²) in [6.07, 6.45) is 0. The maximum atomic E-state index is 3.71. The summed E-state index contributed by atoms with van der Waals surface area (Å²) in [7, 11) is 0. The zero-order chi connectivity index (χ0) is 16.4. The third kappa shape index (κ3) is 1.62. The van der Waals surface area contributed by atoms with Crippen LogP contribution in [0.4, 0.5) is 0 Å². The molecule has 0 atom stereocenters. The molecular formula is C24H15N. The molecular weight excluding hydrogens is 302 g/mol. The number of hydrogen-bond donors (Lipinski definition) is 1. The first kappa shape index (κ1) is 13.0. The van der Waals surface area contributed by atoms with Crippen molar-refractivity contribution in [1.82, 2.24) is 4.98 Å². The number of benzene rings is 5. The maximum absolute atomic E-state index is 3.71. The Morgan fingerprint density at radius 2 is 1.04 bits per heavy atom. The van der Waals surface area contributed by atoms with Gasteiger partial charge < -0.3 is 4.98 Å². The molecule has 1 heterocycles. The average Bonchev–Trinajstić information content (AvgIpc) is 3.09. The highest BCUT2D eigenvalue weighted by Gasteiger charge is 2.14. The van der Waals surface area contributed by atoms with Crippen LogP contribution in [0.5, 0.6) is 0 Å². The Morgan fingerprint density at radius 1 is 0.440 bits per heavy atom. The van der Waals surface area contributed by atoms with E-state index in [-0.39, 0.29) is 0 Å². The topological polar surface area (TPSA) is 15.8 Å². The number of aromatic nitrogens is 1. The number of hydrogen-bond acceptors (Lipinski definition) is 0. The Hall–Kier alpha value is -3.32. The normalized spacial score (nSPS) is 12.0. The molecule has 6 aromatic rings. The molecule has 6 rings (SSSR count). The van der Waals surface area contributed by atoms with Crippen molar-refractivity contribution in [3.05, 3.63) is 84.9 Å². The van der Waals surface area contributed by atoms with Crippen LogP contribution >= 0.6 is 0 Å². The van der Waals surface area contributed by atoms with Crippen LogP contribution in [-0.4, -0.2) is 4.98 Å². The van der Waals surface area contributed by atoms with E-state index in [0.717, 1.165) is 0 Å². The van der Waals surface area contributed by atoms with E-state index >= 15 is 0 Å². The third-order valence-electron chi connectivity index (χ3n) is 5.37. The fraction of sp³-hybridized carbons (Fsp3) is 0. The van der Waals surface area contributed by atoms with Crippen molar-refractivity contribution in [2.24, 2.45) is 0 Å². The molecule has 0 aliphatic heterocycles. The number of nitrogens with one attached hydrogen (secondary N) is 1. The number of fused-ring (bicyclic) bond motifs is 10. The lowest BCUT2D eigenvalue weighted by molar-refractivity contribution is 1.57. The Labute approximate surface area is 144 Å². The molecule has 0 saturated carbocycles. The molecule has 0 saturated heterocycles. The van der Waals surface area contributed by atoms with Gasteiger partial charge in [0, 0.05) is 21.7 Å². The summed E-state index contributed by atoms with van der Waals surface area (Å²) >= 11 is 0. The van der Waals surface area contributed by atoms with Crippen LogP contribution in [0.1, 0.15) is 0 Å². The van der Waals surface area contributed by atoms with E-state index in [4.69, 9.17) is 0 Å². The van der Waals surface area contributed by atoms with E-state index in [1.807, 2.05) is 0 Å². The monoisotopic (exact) mass is 317 g/mol. The third-order valence-corrected chi connectivity index (χ3v) is 5.37. The molecule has 0 unspecified atom stereocenters. The van der Waals surface area contributed by atoms with Crippen LogP contribution in [0.15, 0.2) is 84.9 Å².